The molecule has 0 bridgehead atoms. The topological polar surface area (TPSA) is 85.8 Å². The summed E-state index contributed by atoms with van der Waals surface area (Å²) in [4.78, 5) is 10.9. The largest absolute Gasteiger partial charge is 0.361 e. The monoisotopic (exact) mass is 402 g/mol. The molecule has 0 heterocycles. The molecule has 6 nitrogen and oxygen atoms in total. The van der Waals surface area contributed by atoms with Crippen molar-refractivity contribution in [3.05, 3.63) is 71.5 Å². The number of hydroxylamine groups is 1. The summed E-state index contributed by atoms with van der Waals surface area (Å²) in [6, 6.07) is 15.8. The van der Waals surface area contributed by atoms with E-state index in [9.17, 15) is 9.18 Å². The fourth-order valence-electron chi connectivity index (χ4n) is 2.52. The van der Waals surface area contributed by atoms with E-state index in [0.29, 0.717) is 29.4 Å². The third-order valence-electron chi connectivity index (χ3n) is 3.94. The molecule has 8 heteroatoms. The zero-order chi connectivity index (χ0) is 20.2. The molecule has 0 saturated carbocycles. The molecule has 0 radical (unpaired) electrons. The van der Waals surface area contributed by atoms with Gasteiger partial charge >= 0.3 is 0 Å². The summed E-state index contributed by atoms with van der Waals surface area (Å²) in [5, 5.41) is 16.1. The Bertz CT molecular complexity index is 815. The Labute approximate surface area is 168 Å². The first-order chi connectivity index (χ1) is 13.6. The minimum atomic E-state index is -0.388. The molecule has 0 fully saturated rings. The van der Waals surface area contributed by atoms with Gasteiger partial charge in [0.05, 0.1) is 0 Å². The van der Waals surface area contributed by atoms with Crippen molar-refractivity contribution in [2.75, 3.05) is 6.54 Å². The van der Waals surface area contributed by atoms with Crippen LogP contribution >= 0.6 is 12.2 Å². The number of hydrogen-bond donors (Lipinski definition) is 4. The van der Waals surface area contributed by atoms with Gasteiger partial charge in [0.1, 0.15) is 11.5 Å². The van der Waals surface area contributed by atoms with Crippen LogP contribution in [0.25, 0.3) is 0 Å². The minimum absolute atomic E-state index is 0.284. The summed E-state index contributed by atoms with van der Waals surface area (Å²) in [6.07, 6.45) is 2.59. The third kappa shape index (κ3) is 7.05. The van der Waals surface area contributed by atoms with E-state index in [1.807, 2.05) is 30.3 Å². The highest BCUT2D eigenvalue weighted by molar-refractivity contribution is 7.80. The SMILES string of the molecule is O=C(CCCCCNC(=S)N/N=C(\c1ccccc1)c1ccccc1F)NO. The summed E-state index contributed by atoms with van der Waals surface area (Å²) < 4.78 is 14.3. The van der Waals surface area contributed by atoms with Gasteiger partial charge in [-0.2, -0.15) is 5.10 Å². The normalized spacial score (nSPS) is 11.0. The van der Waals surface area contributed by atoms with Crippen LogP contribution < -0.4 is 16.2 Å². The third-order valence-corrected chi connectivity index (χ3v) is 4.17. The number of carbonyl (C=O) groups excluding carboxylic acids is 1. The minimum Gasteiger partial charge on any atom is -0.361 e. The Morgan fingerprint density at radius 1 is 1.04 bits per heavy atom. The molecule has 1 amide bonds. The smallest absolute Gasteiger partial charge is 0.243 e. The van der Waals surface area contributed by atoms with Gasteiger partial charge in [0.25, 0.3) is 0 Å². The molecule has 2 aromatic carbocycles. The number of amides is 1. The Morgan fingerprint density at radius 3 is 2.46 bits per heavy atom. The van der Waals surface area contributed by atoms with Crippen LogP contribution in [-0.2, 0) is 4.79 Å². The fraction of sp³-hybridized carbons (Fsp3) is 0.250. The van der Waals surface area contributed by atoms with Gasteiger partial charge in [-0.3, -0.25) is 15.4 Å². The molecule has 0 unspecified atom stereocenters. The van der Waals surface area contributed by atoms with Crippen molar-refractivity contribution in [2.24, 2.45) is 5.10 Å². The van der Waals surface area contributed by atoms with Crippen LogP contribution in [0.3, 0.4) is 0 Å². The van der Waals surface area contributed by atoms with Gasteiger partial charge in [-0.1, -0.05) is 48.9 Å². The van der Waals surface area contributed by atoms with E-state index in [0.717, 1.165) is 18.4 Å². The zero-order valence-electron chi connectivity index (χ0n) is 15.3. The van der Waals surface area contributed by atoms with Crippen LogP contribution in [0.2, 0.25) is 0 Å². The number of hydrazone groups is 1. The standard InChI is InChI=1S/C20H23FN4O2S/c21-17-12-7-6-11-16(17)19(15-9-3-1-4-10-15)23-24-20(28)22-14-8-2-5-13-18(26)25-27/h1,3-4,6-7,9-12,27H,2,5,8,13-14H2,(H,25,26)(H2,22,24,28)/b23-19+. The molecule has 148 valence electrons. The summed E-state index contributed by atoms with van der Waals surface area (Å²) in [7, 11) is 0. The number of halogens is 1. The van der Waals surface area contributed by atoms with Gasteiger partial charge in [0.2, 0.25) is 5.91 Å². The highest BCUT2D eigenvalue weighted by Crippen LogP contribution is 2.14. The first kappa shape index (κ1) is 21.5. The molecule has 0 spiro atoms. The highest BCUT2D eigenvalue weighted by atomic mass is 32.1. The molecular weight excluding hydrogens is 379 g/mol. The lowest BCUT2D eigenvalue weighted by Gasteiger charge is -2.11. The predicted molar refractivity (Wildman–Crippen MR) is 111 cm³/mol. The van der Waals surface area contributed by atoms with Gasteiger partial charge in [-0.25, -0.2) is 9.87 Å². The zero-order valence-corrected chi connectivity index (χ0v) is 16.1. The molecule has 0 saturated heterocycles. The van der Waals surface area contributed by atoms with Crippen LogP contribution in [0.15, 0.2) is 59.7 Å². The van der Waals surface area contributed by atoms with Crippen LogP contribution in [-0.4, -0.2) is 28.5 Å². The average Bonchev–Trinajstić information content (AvgIpc) is 2.72. The van der Waals surface area contributed by atoms with Gasteiger partial charge in [-0.15, -0.1) is 0 Å². The van der Waals surface area contributed by atoms with E-state index >= 15 is 0 Å². The maximum absolute atomic E-state index is 14.3. The van der Waals surface area contributed by atoms with Gasteiger partial charge in [-0.05, 0) is 37.2 Å². The van der Waals surface area contributed by atoms with Gasteiger partial charge in [0, 0.05) is 24.1 Å². The number of thiocarbonyl (C=S) groups is 1. The Morgan fingerprint density at radius 2 is 1.75 bits per heavy atom. The number of nitrogens with zero attached hydrogens (tertiary/aromatic N) is 1. The molecule has 2 rings (SSSR count). The van der Waals surface area contributed by atoms with E-state index in [-0.39, 0.29) is 18.1 Å². The first-order valence-corrected chi connectivity index (χ1v) is 9.37. The van der Waals surface area contributed by atoms with Crippen molar-refractivity contribution < 1.29 is 14.4 Å². The van der Waals surface area contributed by atoms with Crippen molar-refractivity contribution in [2.45, 2.75) is 25.7 Å². The molecule has 0 atom stereocenters. The van der Waals surface area contributed by atoms with Crippen LogP contribution in [0, 0.1) is 5.82 Å². The predicted octanol–water partition coefficient (Wildman–Crippen LogP) is 3.11. The maximum Gasteiger partial charge on any atom is 0.243 e. The first-order valence-electron chi connectivity index (χ1n) is 8.96. The summed E-state index contributed by atoms with van der Waals surface area (Å²) in [5.41, 5.74) is 5.98. The van der Waals surface area contributed by atoms with E-state index in [2.05, 4.69) is 15.8 Å². The number of benzene rings is 2. The van der Waals surface area contributed by atoms with E-state index in [1.165, 1.54) is 6.07 Å². The molecule has 0 aromatic heterocycles. The van der Waals surface area contributed by atoms with Crippen LogP contribution in [0.4, 0.5) is 4.39 Å². The van der Waals surface area contributed by atoms with Crippen molar-refractivity contribution in [3.63, 3.8) is 0 Å². The van der Waals surface area contributed by atoms with Crippen molar-refractivity contribution >= 4 is 28.9 Å². The maximum atomic E-state index is 14.3. The number of rotatable bonds is 9. The quantitative estimate of drug-likeness (QED) is 0.170. The lowest BCUT2D eigenvalue weighted by molar-refractivity contribution is -0.129. The Hall–Kier alpha value is -2.84. The number of unbranched alkanes of at least 4 members (excludes halogenated alkanes) is 2. The number of carbonyl (C=O) groups is 1. The van der Waals surface area contributed by atoms with Crippen molar-refractivity contribution in [1.82, 2.24) is 16.2 Å². The van der Waals surface area contributed by atoms with Gasteiger partial charge in [0.15, 0.2) is 5.11 Å². The van der Waals surface area contributed by atoms with E-state index in [1.54, 1.807) is 23.7 Å². The molecule has 28 heavy (non-hydrogen) atoms. The molecule has 0 aliphatic carbocycles. The second kappa shape index (κ2) is 11.8. The average molecular weight is 402 g/mol. The van der Waals surface area contributed by atoms with E-state index < -0.39 is 0 Å². The van der Waals surface area contributed by atoms with Gasteiger partial charge < -0.3 is 5.32 Å². The molecule has 0 aliphatic rings. The van der Waals surface area contributed by atoms with Crippen LogP contribution in [0.1, 0.15) is 36.8 Å². The molecule has 0 aliphatic heterocycles. The van der Waals surface area contributed by atoms with E-state index in [4.69, 9.17) is 17.4 Å². The second-order valence-corrected chi connectivity index (χ2v) is 6.43. The molecule has 4 N–H and O–H groups in total. The van der Waals surface area contributed by atoms with Crippen molar-refractivity contribution in [1.29, 1.82) is 0 Å². The molecule has 2 aromatic rings. The summed E-state index contributed by atoms with van der Waals surface area (Å²) >= 11 is 5.22. The summed E-state index contributed by atoms with van der Waals surface area (Å²) in [6.45, 7) is 0.614. The Kier molecular flexibility index (Phi) is 9.03. The lowest BCUT2D eigenvalue weighted by Crippen LogP contribution is -2.33. The second-order valence-electron chi connectivity index (χ2n) is 6.02. The highest BCUT2D eigenvalue weighted by Gasteiger charge is 2.11. The fourth-order valence-corrected chi connectivity index (χ4v) is 2.67. The summed E-state index contributed by atoms with van der Waals surface area (Å²) in [5.74, 6) is -0.751. The number of hydrogen-bond acceptors (Lipinski definition) is 4. The molecular formula is C20H23FN4O2S. The van der Waals surface area contributed by atoms with Crippen molar-refractivity contribution in [3.8, 4) is 0 Å². The lowest BCUT2D eigenvalue weighted by atomic mass is 10.0. The van der Waals surface area contributed by atoms with Crippen LogP contribution in [0.5, 0.6) is 0 Å². The Balaban J connectivity index is 1.91. The number of nitrogens with one attached hydrogen (secondary N) is 3.